The highest BCUT2D eigenvalue weighted by atomic mass is 16.1. The van der Waals surface area contributed by atoms with Crippen molar-refractivity contribution in [3.8, 4) is 0 Å². The van der Waals surface area contributed by atoms with Crippen LogP contribution in [-0.4, -0.2) is 18.5 Å². The minimum Gasteiger partial charge on any atom is -0.356 e. The minimum absolute atomic E-state index is 0.217. The number of amides is 1. The maximum atomic E-state index is 11.9. The number of nitrogens with one attached hydrogen (secondary N) is 1. The molecule has 0 aromatic heterocycles. The lowest BCUT2D eigenvalue weighted by Crippen LogP contribution is -2.38. The predicted octanol–water partition coefficient (Wildman–Crippen LogP) is 2.06. The molecular formula is C13H26N2O. The average Bonchev–Trinajstić information content (AvgIpc) is 2.31. The first-order valence-electron chi connectivity index (χ1n) is 6.70. The highest BCUT2D eigenvalue weighted by molar-refractivity contribution is 5.78. The smallest absolute Gasteiger partial charge is 0.223 e. The zero-order valence-electron chi connectivity index (χ0n) is 10.7. The third-order valence-electron chi connectivity index (χ3n) is 3.86. The van der Waals surface area contributed by atoms with E-state index in [1.165, 1.54) is 0 Å². The number of nitrogens with two attached hydrogens (primary N) is 1. The van der Waals surface area contributed by atoms with Crippen LogP contribution in [0.5, 0.6) is 0 Å². The summed E-state index contributed by atoms with van der Waals surface area (Å²) in [4.78, 5) is 11.9. The van der Waals surface area contributed by atoms with Crippen molar-refractivity contribution >= 4 is 5.91 Å². The van der Waals surface area contributed by atoms with E-state index in [0.717, 1.165) is 45.1 Å². The fourth-order valence-electron chi connectivity index (χ4n) is 2.35. The van der Waals surface area contributed by atoms with Gasteiger partial charge in [-0.25, -0.2) is 0 Å². The lowest BCUT2D eigenvalue weighted by atomic mass is 9.86. The van der Waals surface area contributed by atoms with Gasteiger partial charge in [0.2, 0.25) is 5.91 Å². The lowest BCUT2D eigenvalue weighted by Gasteiger charge is -2.25. The molecule has 3 heteroatoms. The summed E-state index contributed by atoms with van der Waals surface area (Å²) in [6.45, 7) is 5.20. The highest BCUT2D eigenvalue weighted by Crippen LogP contribution is 2.23. The quantitative estimate of drug-likeness (QED) is 0.754. The van der Waals surface area contributed by atoms with E-state index in [0.29, 0.717) is 12.0 Å². The Morgan fingerprint density at radius 3 is 2.31 bits per heavy atom. The van der Waals surface area contributed by atoms with Gasteiger partial charge in [0.25, 0.3) is 0 Å². The molecule has 1 saturated carbocycles. The van der Waals surface area contributed by atoms with Crippen LogP contribution in [0, 0.1) is 11.8 Å². The Bertz CT molecular complexity index is 206. The van der Waals surface area contributed by atoms with Gasteiger partial charge in [-0.2, -0.15) is 0 Å². The van der Waals surface area contributed by atoms with E-state index in [-0.39, 0.29) is 11.8 Å². The third kappa shape index (κ3) is 4.12. The van der Waals surface area contributed by atoms with Crippen LogP contribution in [0.3, 0.4) is 0 Å². The number of carbonyl (C=O) groups is 1. The van der Waals surface area contributed by atoms with E-state index < -0.39 is 0 Å². The first kappa shape index (κ1) is 13.5. The van der Waals surface area contributed by atoms with Gasteiger partial charge in [0.1, 0.15) is 0 Å². The van der Waals surface area contributed by atoms with E-state index in [4.69, 9.17) is 5.73 Å². The Hall–Kier alpha value is -0.570. The van der Waals surface area contributed by atoms with E-state index in [1.54, 1.807) is 0 Å². The molecule has 0 saturated heterocycles. The van der Waals surface area contributed by atoms with Crippen LogP contribution >= 0.6 is 0 Å². The fourth-order valence-corrected chi connectivity index (χ4v) is 2.35. The molecular weight excluding hydrogens is 200 g/mol. The largest absolute Gasteiger partial charge is 0.356 e. The Labute approximate surface area is 99.2 Å². The molecule has 0 unspecified atom stereocenters. The van der Waals surface area contributed by atoms with Crippen molar-refractivity contribution in [1.29, 1.82) is 0 Å². The summed E-state index contributed by atoms with van der Waals surface area (Å²) in [7, 11) is 0. The number of rotatable bonds is 5. The van der Waals surface area contributed by atoms with Gasteiger partial charge in [-0.05, 0) is 31.6 Å². The van der Waals surface area contributed by atoms with Gasteiger partial charge in [-0.3, -0.25) is 4.79 Å². The summed E-state index contributed by atoms with van der Waals surface area (Å²) in [6, 6.07) is 0.322. The molecule has 0 aliphatic heterocycles. The standard InChI is InChI=1S/C13H26N2O/c1-3-10(4-2)9-15-13(16)11-5-7-12(14)8-6-11/h10-12H,3-9,14H2,1-2H3,(H,15,16). The van der Waals surface area contributed by atoms with Crippen LogP contribution in [-0.2, 0) is 4.79 Å². The SMILES string of the molecule is CCC(CC)CNC(=O)C1CCC(N)CC1. The first-order valence-corrected chi connectivity index (χ1v) is 6.70. The van der Waals surface area contributed by atoms with Crippen molar-refractivity contribution < 1.29 is 4.79 Å². The van der Waals surface area contributed by atoms with Crippen LogP contribution in [0.1, 0.15) is 52.4 Å². The van der Waals surface area contributed by atoms with Crippen LogP contribution in [0.4, 0.5) is 0 Å². The second-order valence-corrected chi connectivity index (χ2v) is 5.04. The molecule has 3 N–H and O–H groups in total. The Kier molecular flexibility index (Phi) is 5.81. The monoisotopic (exact) mass is 226 g/mol. The van der Waals surface area contributed by atoms with E-state index in [1.807, 2.05) is 0 Å². The van der Waals surface area contributed by atoms with Crippen molar-refractivity contribution in [2.24, 2.45) is 17.6 Å². The maximum absolute atomic E-state index is 11.9. The molecule has 0 aromatic carbocycles. The second-order valence-electron chi connectivity index (χ2n) is 5.04. The zero-order valence-corrected chi connectivity index (χ0v) is 10.7. The molecule has 0 atom stereocenters. The Morgan fingerprint density at radius 1 is 1.25 bits per heavy atom. The predicted molar refractivity (Wildman–Crippen MR) is 67.0 cm³/mol. The molecule has 0 radical (unpaired) electrons. The van der Waals surface area contributed by atoms with Crippen molar-refractivity contribution in [1.82, 2.24) is 5.32 Å². The van der Waals surface area contributed by atoms with Gasteiger partial charge < -0.3 is 11.1 Å². The van der Waals surface area contributed by atoms with Gasteiger partial charge in [0.05, 0.1) is 0 Å². The Morgan fingerprint density at radius 2 is 1.81 bits per heavy atom. The van der Waals surface area contributed by atoms with Crippen molar-refractivity contribution in [3.63, 3.8) is 0 Å². The van der Waals surface area contributed by atoms with E-state index in [9.17, 15) is 4.79 Å². The zero-order chi connectivity index (χ0) is 12.0. The third-order valence-corrected chi connectivity index (χ3v) is 3.86. The highest BCUT2D eigenvalue weighted by Gasteiger charge is 2.24. The van der Waals surface area contributed by atoms with Gasteiger partial charge >= 0.3 is 0 Å². The summed E-state index contributed by atoms with van der Waals surface area (Å²) < 4.78 is 0. The minimum atomic E-state index is 0.217. The molecule has 94 valence electrons. The molecule has 0 bridgehead atoms. The number of hydrogen-bond acceptors (Lipinski definition) is 2. The molecule has 1 aliphatic carbocycles. The van der Waals surface area contributed by atoms with Gasteiger partial charge in [0, 0.05) is 18.5 Å². The van der Waals surface area contributed by atoms with E-state index >= 15 is 0 Å². The van der Waals surface area contributed by atoms with Crippen LogP contribution in [0.2, 0.25) is 0 Å². The molecule has 1 amide bonds. The molecule has 0 spiro atoms. The second kappa shape index (κ2) is 6.89. The Balaban J connectivity index is 2.24. The molecule has 1 fully saturated rings. The molecule has 1 rings (SSSR count). The lowest BCUT2D eigenvalue weighted by molar-refractivity contribution is -0.126. The molecule has 1 aliphatic rings. The van der Waals surface area contributed by atoms with Crippen molar-refractivity contribution in [2.75, 3.05) is 6.54 Å². The fraction of sp³-hybridized carbons (Fsp3) is 0.923. The average molecular weight is 226 g/mol. The van der Waals surface area contributed by atoms with Crippen LogP contribution in [0.25, 0.3) is 0 Å². The van der Waals surface area contributed by atoms with E-state index in [2.05, 4.69) is 19.2 Å². The number of hydrogen-bond donors (Lipinski definition) is 2. The topological polar surface area (TPSA) is 55.1 Å². The van der Waals surface area contributed by atoms with Gasteiger partial charge in [0.15, 0.2) is 0 Å². The molecule has 16 heavy (non-hydrogen) atoms. The molecule has 3 nitrogen and oxygen atoms in total. The molecule has 0 heterocycles. The number of carbonyl (C=O) groups excluding carboxylic acids is 1. The summed E-state index contributed by atoms with van der Waals surface area (Å²) in [5, 5.41) is 3.09. The molecule has 0 aromatic rings. The summed E-state index contributed by atoms with van der Waals surface area (Å²) in [5.74, 6) is 1.10. The summed E-state index contributed by atoms with van der Waals surface area (Å²) in [6.07, 6.45) is 6.23. The first-order chi connectivity index (χ1) is 7.67. The van der Waals surface area contributed by atoms with Gasteiger partial charge in [-0.1, -0.05) is 26.7 Å². The summed E-state index contributed by atoms with van der Waals surface area (Å²) >= 11 is 0. The van der Waals surface area contributed by atoms with Crippen LogP contribution < -0.4 is 11.1 Å². The van der Waals surface area contributed by atoms with Gasteiger partial charge in [-0.15, -0.1) is 0 Å². The van der Waals surface area contributed by atoms with Crippen molar-refractivity contribution in [2.45, 2.75) is 58.4 Å². The summed E-state index contributed by atoms with van der Waals surface area (Å²) in [5.41, 5.74) is 5.83. The van der Waals surface area contributed by atoms with Crippen LogP contribution in [0.15, 0.2) is 0 Å². The van der Waals surface area contributed by atoms with Crippen molar-refractivity contribution in [3.05, 3.63) is 0 Å². The normalized spacial score (nSPS) is 25.8. The maximum Gasteiger partial charge on any atom is 0.223 e.